The van der Waals surface area contributed by atoms with Crippen molar-refractivity contribution < 1.29 is 9.47 Å². The first-order valence-corrected chi connectivity index (χ1v) is 6.54. The summed E-state index contributed by atoms with van der Waals surface area (Å²) in [7, 11) is 4.83. The van der Waals surface area contributed by atoms with Gasteiger partial charge < -0.3 is 20.1 Å². The van der Waals surface area contributed by atoms with Crippen molar-refractivity contribution in [2.75, 3.05) is 31.9 Å². The molecule has 0 aliphatic carbocycles. The van der Waals surface area contributed by atoms with Crippen molar-refractivity contribution in [3.8, 4) is 11.8 Å². The van der Waals surface area contributed by atoms with E-state index in [4.69, 9.17) is 9.47 Å². The Bertz CT molecular complexity index is 586. The molecule has 0 saturated heterocycles. The lowest BCUT2D eigenvalue weighted by Gasteiger charge is -2.09. The summed E-state index contributed by atoms with van der Waals surface area (Å²) in [6.45, 7) is 0. The van der Waals surface area contributed by atoms with Crippen LogP contribution in [-0.4, -0.2) is 36.2 Å². The van der Waals surface area contributed by atoms with Crippen LogP contribution in [0.2, 0.25) is 0 Å². The molecule has 0 spiro atoms. The minimum absolute atomic E-state index is 0.232. The average Bonchev–Trinajstić information content (AvgIpc) is 2.48. The number of benzene rings is 1. The van der Waals surface area contributed by atoms with E-state index >= 15 is 0 Å². The SMILES string of the molecule is CNc1nc(Nc2ccc(Br)c(OC)c2)nc(OC)n1. The number of hydrogen-bond donors (Lipinski definition) is 2. The molecule has 106 valence electrons. The normalized spacial score (nSPS) is 10.0. The van der Waals surface area contributed by atoms with Crippen LogP contribution in [0.25, 0.3) is 0 Å². The monoisotopic (exact) mass is 339 g/mol. The van der Waals surface area contributed by atoms with Crippen molar-refractivity contribution in [1.29, 1.82) is 0 Å². The van der Waals surface area contributed by atoms with Gasteiger partial charge in [0.2, 0.25) is 11.9 Å². The lowest BCUT2D eigenvalue weighted by atomic mass is 10.3. The second-order valence-electron chi connectivity index (χ2n) is 3.69. The molecule has 2 N–H and O–H groups in total. The Morgan fingerprint density at radius 3 is 2.45 bits per heavy atom. The van der Waals surface area contributed by atoms with Crippen LogP contribution in [0.4, 0.5) is 17.6 Å². The minimum Gasteiger partial charge on any atom is -0.495 e. The number of methoxy groups -OCH3 is 2. The molecule has 0 radical (unpaired) electrons. The maximum absolute atomic E-state index is 5.24. The molecular formula is C12H14BrN5O2. The molecule has 7 nitrogen and oxygen atoms in total. The van der Waals surface area contributed by atoms with Gasteiger partial charge in [-0.3, -0.25) is 0 Å². The number of aromatic nitrogens is 3. The standard InChI is InChI=1S/C12H14BrN5O2/c1-14-10-16-11(18-12(17-10)20-3)15-7-4-5-8(13)9(6-7)19-2/h4-6H,1-3H3,(H2,14,15,16,17,18). The molecule has 0 aliphatic rings. The number of nitrogens with zero attached hydrogens (tertiary/aromatic N) is 3. The van der Waals surface area contributed by atoms with E-state index in [9.17, 15) is 0 Å². The first kappa shape index (κ1) is 14.3. The summed E-state index contributed by atoms with van der Waals surface area (Å²) in [5.41, 5.74) is 0.792. The van der Waals surface area contributed by atoms with Crippen LogP contribution < -0.4 is 20.1 Å². The van der Waals surface area contributed by atoms with E-state index in [2.05, 4.69) is 41.5 Å². The van der Waals surface area contributed by atoms with E-state index in [1.165, 1.54) is 7.11 Å². The number of ether oxygens (including phenoxy) is 2. The van der Waals surface area contributed by atoms with Crippen molar-refractivity contribution in [1.82, 2.24) is 15.0 Å². The van der Waals surface area contributed by atoms with Crippen molar-refractivity contribution in [2.45, 2.75) is 0 Å². The highest BCUT2D eigenvalue weighted by Crippen LogP contribution is 2.29. The van der Waals surface area contributed by atoms with Gasteiger partial charge in [-0.2, -0.15) is 15.0 Å². The Labute approximate surface area is 124 Å². The second-order valence-corrected chi connectivity index (χ2v) is 4.55. The fourth-order valence-corrected chi connectivity index (χ4v) is 1.89. The molecule has 2 rings (SSSR count). The zero-order valence-electron chi connectivity index (χ0n) is 11.3. The topological polar surface area (TPSA) is 81.2 Å². The van der Waals surface area contributed by atoms with Gasteiger partial charge in [-0.05, 0) is 28.1 Å². The number of rotatable bonds is 5. The summed E-state index contributed by atoms with van der Waals surface area (Å²) >= 11 is 3.40. The third kappa shape index (κ3) is 3.27. The highest BCUT2D eigenvalue weighted by molar-refractivity contribution is 9.10. The van der Waals surface area contributed by atoms with Gasteiger partial charge in [0.05, 0.1) is 18.7 Å². The van der Waals surface area contributed by atoms with E-state index in [1.54, 1.807) is 14.2 Å². The Hall–Kier alpha value is -2.09. The summed E-state index contributed by atoms with van der Waals surface area (Å²) < 4.78 is 11.1. The Balaban J connectivity index is 2.29. The minimum atomic E-state index is 0.232. The van der Waals surface area contributed by atoms with E-state index in [0.717, 1.165) is 10.2 Å². The molecule has 0 amide bonds. The predicted molar refractivity (Wildman–Crippen MR) is 79.9 cm³/mol. The first-order chi connectivity index (χ1) is 9.66. The Morgan fingerprint density at radius 2 is 1.80 bits per heavy atom. The molecule has 0 unspecified atom stereocenters. The Morgan fingerprint density at radius 1 is 1.05 bits per heavy atom. The smallest absolute Gasteiger partial charge is 0.322 e. The third-order valence-electron chi connectivity index (χ3n) is 2.43. The van der Waals surface area contributed by atoms with E-state index < -0.39 is 0 Å². The zero-order valence-corrected chi connectivity index (χ0v) is 12.9. The lowest BCUT2D eigenvalue weighted by molar-refractivity contribution is 0.379. The van der Waals surface area contributed by atoms with Crippen LogP contribution >= 0.6 is 15.9 Å². The number of nitrogens with one attached hydrogen (secondary N) is 2. The largest absolute Gasteiger partial charge is 0.495 e. The summed E-state index contributed by atoms with van der Waals surface area (Å²) in [5.74, 6) is 1.51. The molecule has 0 atom stereocenters. The molecule has 20 heavy (non-hydrogen) atoms. The molecular weight excluding hydrogens is 326 g/mol. The molecule has 0 aliphatic heterocycles. The van der Waals surface area contributed by atoms with Crippen LogP contribution in [0, 0.1) is 0 Å². The summed E-state index contributed by atoms with van der Waals surface area (Å²) in [6.07, 6.45) is 0. The highest BCUT2D eigenvalue weighted by Gasteiger charge is 2.07. The van der Waals surface area contributed by atoms with Gasteiger partial charge in [0.1, 0.15) is 5.75 Å². The number of anilines is 3. The highest BCUT2D eigenvalue weighted by atomic mass is 79.9. The summed E-state index contributed by atoms with van der Waals surface area (Å²) in [6, 6.07) is 5.82. The maximum Gasteiger partial charge on any atom is 0.322 e. The lowest BCUT2D eigenvalue weighted by Crippen LogP contribution is -2.05. The molecule has 0 bridgehead atoms. The second kappa shape index (κ2) is 6.38. The molecule has 0 fully saturated rings. The van der Waals surface area contributed by atoms with Crippen molar-refractivity contribution >= 4 is 33.5 Å². The van der Waals surface area contributed by atoms with E-state index in [1.807, 2.05) is 18.2 Å². The Kier molecular flexibility index (Phi) is 4.57. The van der Waals surface area contributed by atoms with Crippen molar-refractivity contribution in [2.24, 2.45) is 0 Å². The molecule has 1 aromatic carbocycles. The molecule has 1 heterocycles. The molecule has 2 aromatic rings. The van der Waals surface area contributed by atoms with Crippen molar-refractivity contribution in [3.63, 3.8) is 0 Å². The van der Waals surface area contributed by atoms with Gasteiger partial charge >= 0.3 is 6.01 Å². The third-order valence-corrected chi connectivity index (χ3v) is 3.08. The van der Waals surface area contributed by atoms with Gasteiger partial charge in [-0.1, -0.05) is 0 Å². The maximum atomic E-state index is 5.24. The number of halogens is 1. The zero-order chi connectivity index (χ0) is 14.5. The van der Waals surface area contributed by atoms with Gasteiger partial charge in [0, 0.05) is 18.8 Å². The fraction of sp³-hybridized carbons (Fsp3) is 0.250. The van der Waals surface area contributed by atoms with Gasteiger partial charge in [0.25, 0.3) is 0 Å². The molecule has 0 saturated carbocycles. The van der Waals surface area contributed by atoms with Crippen LogP contribution in [0.15, 0.2) is 22.7 Å². The number of hydrogen-bond acceptors (Lipinski definition) is 7. The molecule has 8 heteroatoms. The summed E-state index contributed by atoms with van der Waals surface area (Å²) in [4.78, 5) is 12.4. The van der Waals surface area contributed by atoms with Crippen LogP contribution in [0.3, 0.4) is 0 Å². The van der Waals surface area contributed by atoms with Crippen LogP contribution in [0.1, 0.15) is 0 Å². The fourth-order valence-electron chi connectivity index (χ4n) is 1.48. The summed E-state index contributed by atoms with van der Waals surface area (Å²) in [5, 5.41) is 5.92. The van der Waals surface area contributed by atoms with E-state index in [-0.39, 0.29) is 6.01 Å². The van der Waals surface area contributed by atoms with Crippen LogP contribution in [0.5, 0.6) is 11.8 Å². The predicted octanol–water partition coefficient (Wildman–Crippen LogP) is 2.44. The molecule has 1 aromatic heterocycles. The van der Waals surface area contributed by atoms with Gasteiger partial charge in [-0.25, -0.2) is 0 Å². The van der Waals surface area contributed by atoms with Gasteiger partial charge in [-0.15, -0.1) is 0 Å². The van der Waals surface area contributed by atoms with Crippen molar-refractivity contribution in [3.05, 3.63) is 22.7 Å². The van der Waals surface area contributed by atoms with Gasteiger partial charge in [0.15, 0.2) is 0 Å². The first-order valence-electron chi connectivity index (χ1n) is 5.74. The average molecular weight is 340 g/mol. The van der Waals surface area contributed by atoms with E-state index in [0.29, 0.717) is 17.6 Å². The van der Waals surface area contributed by atoms with Crippen LogP contribution in [-0.2, 0) is 0 Å². The quantitative estimate of drug-likeness (QED) is 0.865.